The van der Waals surface area contributed by atoms with Gasteiger partial charge in [-0.15, -0.1) is 6.58 Å². The number of nitrogens with zero attached hydrogens (tertiary/aromatic N) is 1. The largest absolute Gasteiger partial charge is 0.258 e. The molecule has 0 N–H and O–H groups in total. The van der Waals surface area contributed by atoms with Crippen molar-refractivity contribution in [2.75, 3.05) is 0 Å². The molecule has 0 amide bonds. The molecule has 0 atom stereocenters. The Balaban J connectivity index is 1.83. The summed E-state index contributed by atoms with van der Waals surface area (Å²) in [4.78, 5) is 4.60. The van der Waals surface area contributed by atoms with Crippen molar-refractivity contribution in [2.45, 2.75) is 52.9 Å². The number of fused-ring (bicyclic) bond motifs is 1. The van der Waals surface area contributed by atoms with E-state index < -0.39 is 0 Å². The van der Waals surface area contributed by atoms with Crippen LogP contribution in [-0.4, -0.2) is 4.98 Å². The van der Waals surface area contributed by atoms with Gasteiger partial charge < -0.3 is 0 Å². The number of aromatic nitrogens is 1. The van der Waals surface area contributed by atoms with Gasteiger partial charge in [0.1, 0.15) is 0 Å². The fraction of sp³-hybridized carbons (Fsp3) is 0.348. The molecule has 0 radical (unpaired) electrons. The Morgan fingerprint density at radius 1 is 1.08 bits per heavy atom. The Labute approximate surface area is 146 Å². The van der Waals surface area contributed by atoms with Gasteiger partial charge in [0.2, 0.25) is 0 Å². The first kappa shape index (κ1) is 16.7. The maximum absolute atomic E-state index is 4.60. The van der Waals surface area contributed by atoms with Gasteiger partial charge >= 0.3 is 0 Å². The molecule has 0 aliphatic heterocycles. The standard InChI is InChI=1S/C23H27N/c1-5-7-19-13-15-23-21(6-2)20(12-14-22(19)23)11-10-18-9-8-16(3)24-17(18)4/h5,8-9,12-14H,1,6-7,10-11,15H2,2-4H3. The Morgan fingerprint density at radius 3 is 2.54 bits per heavy atom. The van der Waals surface area contributed by atoms with E-state index in [1.807, 2.05) is 6.08 Å². The van der Waals surface area contributed by atoms with Gasteiger partial charge in [0.25, 0.3) is 0 Å². The Morgan fingerprint density at radius 2 is 1.83 bits per heavy atom. The quantitative estimate of drug-likeness (QED) is 0.635. The Kier molecular flexibility index (Phi) is 4.99. The molecule has 1 nitrogen and oxygen atoms in total. The van der Waals surface area contributed by atoms with Crippen molar-refractivity contribution in [1.29, 1.82) is 0 Å². The Bertz CT molecular complexity index is 796. The lowest BCUT2D eigenvalue weighted by molar-refractivity contribution is 0.897. The van der Waals surface area contributed by atoms with Gasteiger partial charge in [0, 0.05) is 11.4 Å². The summed E-state index contributed by atoms with van der Waals surface area (Å²) in [5, 5.41) is 0. The molecular weight excluding hydrogens is 290 g/mol. The lowest BCUT2D eigenvalue weighted by Crippen LogP contribution is -2.03. The van der Waals surface area contributed by atoms with Crippen LogP contribution in [0.25, 0.3) is 5.57 Å². The van der Waals surface area contributed by atoms with Crippen LogP contribution in [-0.2, 0) is 25.7 Å². The van der Waals surface area contributed by atoms with E-state index in [1.54, 1.807) is 11.1 Å². The first-order valence-electron chi connectivity index (χ1n) is 9.01. The highest BCUT2D eigenvalue weighted by atomic mass is 14.7. The van der Waals surface area contributed by atoms with Crippen LogP contribution < -0.4 is 0 Å². The zero-order valence-electron chi connectivity index (χ0n) is 15.2. The molecule has 1 heteroatoms. The van der Waals surface area contributed by atoms with Gasteiger partial charge in [-0.3, -0.25) is 4.98 Å². The monoisotopic (exact) mass is 317 g/mol. The van der Waals surface area contributed by atoms with Crippen molar-refractivity contribution in [3.05, 3.63) is 82.2 Å². The van der Waals surface area contributed by atoms with Crippen molar-refractivity contribution >= 4 is 5.57 Å². The number of allylic oxidation sites excluding steroid dienone is 3. The SMILES string of the molecule is C=CCC1=CCc2c1ccc(CCc1ccc(C)nc1C)c2CC. The summed E-state index contributed by atoms with van der Waals surface area (Å²) in [6.45, 7) is 10.3. The molecule has 0 spiro atoms. The molecule has 0 saturated heterocycles. The van der Waals surface area contributed by atoms with Gasteiger partial charge in [0.05, 0.1) is 0 Å². The fourth-order valence-electron chi connectivity index (χ4n) is 3.88. The molecule has 124 valence electrons. The number of hydrogen-bond acceptors (Lipinski definition) is 1. The van der Waals surface area contributed by atoms with E-state index >= 15 is 0 Å². The number of aryl methyl sites for hydroxylation is 4. The van der Waals surface area contributed by atoms with E-state index in [4.69, 9.17) is 0 Å². The molecule has 1 aromatic heterocycles. The smallest absolute Gasteiger partial charge is 0.0407 e. The molecule has 1 aliphatic rings. The number of hydrogen-bond donors (Lipinski definition) is 0. The fourth-order valence-corrected chi connectivity index (χ4v) is 3.88. The number of benzene rings is 1. The summed E-state index contributed by atoms with van der Waals surface area (Å²) in [6.07, 6.45) is 9.72. The molecule has 2 aromatic rings. The van der Waals surface area contributed by atoms with Gasteiger partial charge in [-0.1, -0.05) is 37.3 Å². The molecule has 1 aromatic carbocycles. The van der Waals surface area contributed by atoms with E-state index in [0.29, 0.717) is 0 Å². The van der Waals surface area contributed by atoms with Gasteiger partial charge in [-0.2, -0.15) is 0 Å². The second-order valence-electron chi connectivity index (χ2n) is 6.71. The predicted molar refractivity (Wildman–Crippen MR) is 103 cm³/mol. The molecule has 0 unspecified atom stereocenters. The van der Waals surface area contributed by atoms with E-state index in [0.717, 1.165) is 37.8 Å². The van der Waals surface area contributed by atoms with Crippen LogP contribution in [0.15, 0.2) is 43.0 Å². The van der Waals surface area contributed by atoms with Gasteiger partial charge in [-0.05, 0) is 85.4 Å². The minimum absolute atomic E-state index is 0.976. The van der Waals surface area contributed by atoms with Crippen LogP contribution in [0.2, 0.25) is 0 Å². The Hall–Kier alpha value is -2.15. The van der Waals surface area contributed by atoms with Crippen LogP contribution in [0.1, 0.15) is 52.5 Å². The highest BCUT2D eigenvalue weighted by Gasteiger charge is 2.18. The number of rotatable bonds is 6. The minimum atomic E-state index is 0.976. The molecule has 24 heavy (non-hydrogen) atoms. The van der Waals surface area contributed by atoms with E-state index in [9.17, 15) is 0 Å². The van der Waals surface area contributed by atoms with Crippen LogP contribution in [0.5, 0.6) is 0 Å². The lowest BCUT2D eigenvalue weighted by atomic mass is 9.90. The average molecular weight is 317 g/mol. The molecule has 0 bridgehead atoms. The highest BCUT2D eigenvalue weighted by molar-refractivity contribution is 5.75. The van der Waals surface area contributed by atoms with E-state index in [-0.39, 0.29) is 0 Å². The summed E-state index contributed by atoms with van der Waals surface area (Å²) >= 11 is 0. The summed E-state index contributed by atoms with van der Waals surface area (Å²) in [5.74, 6) is 0. The third-order valence-electron chi connectivity index (χ3n) is 5.14. The zero-order chi connectivity index (χ0) is 17.1. The molecule has 0 saturated carbocycles. The maximum atomic E-state index is 4.60. The molecule has 1 heterocycles. The molecule has 0 fully saturated rings. The van der Waals surface area contributed by atoms with Gasteiger partial charge in [0.15, 0.2) is 0 Å². The van der Waals surface area contributed by atoms with Crippen LogP contribution in [0, 0.1) is 13.8 Å². The minimum Gasteiger partial charge on any atom is -0.258 e. The van der Waals surface area contributed by atoms with Crippen molar-refractivity contribution in [2.24, 2.45) is 0 Å². The van der Waals surface area contributed by atoms with Crippen molar-refractivity contribution in [3.8, 4) is 0 Å². The molecular formula is C23H27N. The molecule has 1 aliphatic carbocycles. The average Bonchev–Trinajstić information content (AvgIpc) is 2.97. The van der Waals surface area contributed by atoms with E-state index in [2.05, 4.69) is 62.7 Å². The zero-order valence-corrected chi connectivity index (χ0v) is 15.2. The van der Waals surface area contributed by atoms with E-state index in [1.165, 1.54) is 28.0 Å². The summed E-state index contributed by atoms with van der Waals surface area (Å²) in [7, 11) is 0. The summed E-state index contributed by atoms with van der Waals surface area (Å²) in [5.41, 5.74) is 11.1. The second-order valence-corrected chi connectivity index (χ2v) is 6.71. The first-order chi connectivity index (χ1) is 11.6. The van der Waals surface area contributed by atoms with Crippen LogP contribution in [0.3, 0.4) is 0 Å². The third-order valence-corrected chi connectivity index (χ3v) is 5.14. The maximum Gasteiger partial charge on any atom is 0.0407 e. The topological polar surface area (TPSA) is 12.9 Å². The highest BCUT2D eigenvalue weighted by Crippen LogP contribution is 2.34. The lowest BCUT2D eigenvalue weighted by Gasteiger charge is -2.15. The predicted octanol–water partition coefficient (Wildman–Crippen LogP) is 5.56. The van der Waals surface area contributed by atoms with Gasteiger partial charge in [-0.25, -0.2) is 0 Å². The summed E-state index contributed by atoms with van der Waals surface area (Å²) in [6, 6.07) is 9.03. The normalized spacial score (nSPS) is 12.9. The summed E-state index contributed by atoms with van der Waals surface area (Å²) < 4.78 is 0. The number of pyridine rings is 1. The van der Waals surface area contributed by atoms with Crippen LogP contribution in [0.4, 0.5) is 0 Å². The van der Waals surface area contributed by atoms with Crippen LogP contribution >= 0.6 is 0 Å². The third kappa shape index (κ3) is 3.21. The van der Waals surface area contributed by atoms with Crippen molar-refractivity contribution in [1.82, 2.24) is 4.98 Å². The van der Waals surface area contributed by atoms with Crippen molar-refractivity contribution in [3.63, 3.8) is 0 Å². The van der Waals surface area contributed by atoms with Crippen molar-refractivity contribution < 1.29 is 0 Å². The first-order valence-corrected chi connectivity index (χ1v) is 9.01. The second kappa shape index (κ2) is 7.17. The molecule has 3 rings (SSSR count).